The maximum absolute atomic E-state index is 12.8. The number of rotatable bonds is 9. The number of thioether (sulfide) groups is 1. The number of nitrogens with one attached hydrogen (secondary N) is 1. The Morgan fingerprint density at radius 3 is 2.53 bits per heavy atom. The number of nitrogens with zero attached hydrogens (tertiary/aromatic N) is 6. The highest BCUT2D eigenvalue weighted by atomic mass is 32.2. The van der Waals surface area contributed by atoms with Crippen LogP contribution in [-0.4, -0.2) is 51.0 Å². The monoisotopic (exact) mass is 637 g/mol. The summed E-state index contributed by atoms with van der Waals surface area (Å²) in [6, 6.07) is 17.9. The summed E-state index contributed by atoms with van der Waals surface area (Å²) in [5.41, 5.74) is 4.78. The van der Waals surface area contributed by atoms with Crippen LogP contribution in [0.4, 0.5) is 35.3 Å². The third kappa shape index (κ3) is 8.01. The fourth-order valence-corrected chi connectivity index (χ4v) is 5.53. The maximum Gasteiger partial charge on any atom is 0.573 e. The minimum absolute atomic E-state index is 0.115. The lowest BCUT2D eigenvalue weighted by molar-refractivity contribution is -0.274. The average molecular weight is 638 g/mol. The fraction of sp³-hybridized carbons (Fsp3) is 0.258. The number of anilines is 3. The van der Waals surface area contributed by atoms with E-state index in [2.05, 4.69) is 32.1 Å². The SMILES string of the molecule is CCCc1ccc(C)cc1N1C(=O)CSC1=NC(=O)Nc1ccc(CN(C)c2ncn(-c3ccc(OC(F)(F)F)cc3)n2)cc1. The van der Waals surface area contributed by atoms with E-state index in [1.807, 2.05) is 37.3 Å². The third-order valence-electron chi connectivity index (χ3n) is 6.74. The molecular formula is C31H30F3N7O3S. The van der Waals surface area contributed by atoms with Crippen LogP contribution < -0.4 is 19.9 Å². The summed E-state index contributed by atoms with van der Waals surface area (Å²) in [5.74, 6) is 0.177. The first-order chi connectivity index (χ1) is 21.5. The molecule has 4 aromatic rings. The molecule has 1 aliphatic rings. The van der Waals surface area contributed by atoms with Crippen molar-refractivity contribution < 1.29 is 27.5 Å². The standard InChI is InChI=1S/C31H30F3N7O3S/c1-4-5-22-9-6-20(2)16-26(22)41-27(42)18-45-30(41)37-29(43)36-23-10-7-21(8-11-23)17-39(3)28-35-19-40(38-28)24-12-14-25(15-13-24)44-31(32,33)34/h6-16,19H,4-5,17-18H2,1-3H3,(H,36,43). The zero-order valence-corrected chi connectivity index (χ0v) is 25.5. The van der Waals surface area contributed by atoms with Crippen molar-refractivity contribution in [2.75, 3.05) is 27.9 Å². The van der Waals surface area contributed by atoms with Crippen molar-refractivity contribution in [2.24, 2.45) is 4.99 Å². The first-order valence-electron chi connectivity index (χ1n) is 14.0. The molecule has 0 bridgehead atoms. The van der Waals surface area contributed by atoms with E-state index in [4.69, 9.17) is 0 Å². The Bertz CT molecular complexity index is 1710. The van der Waals surface area contributed by atoms with Gasteiger partial charge in [0.2, 0.25) is 11.9 Å². The highest BCUT2D eigenvalue weighted by molar-refractivity contribution is 8.15. The van der Waals surface area contributed by atoms with Gasteiger partial charge in [-0.1, -0.05) is 49.4 Å². The van der Waals surface area contributed by atoms with Gasteiger partial charge in [0.25, 0.3) is 0 Å². The van der Waals surface area contributed by atoms with Gasteiger partial charge in [-0.15, -0.1) is 18.3 Å². The highest BCUT2D eigenvalue weighted by Gasteiger charge is 2.32. The van der Waals surface area contributed by atoms with Crippen LogP contribution in [0, 0.1) is 6.92 Å². The van der Waals surface area contributed by atoms with Gasteiger partial charge in [0.15, 0.2) is 5.17 Å². The lowest BCUT2D eigenvalue weighted by Gasteiger charge is -2.20. The molecule has 0 saturated carbocycles. The number of halogens is 3. The molecule has 234 valence electrons. The van der Waals surface area contributed by atoms with E-state index >= 15 is 0 Å². The van der Waals surface area contributed by atoms with Crippen molar-refractivity contribution in [2.45, 2.75) is 39.6 Å². The summed E-state index contributed by atoms with van der Waals surface area (Å²) in [4.78, 5) is 37.5. The van der Waals surface area contributed by atoms with Gasteiger partial charge in [-0.25, -0.2) is 9.48 Å². The van der Waals surface area contributed by atoms with E-state index in [1.165, 1.54) is 51.9 Å². The number of benzene rings is 3. The van der Waals surface area contributed by atoms with Gasteiger partial charge < -0.3 is 15.0 Å². The second-order valence-corrected chi connectivity index (χ2v) is 11.3. The number of aryl methyl sites for hydroxylation is 2. The molecule has 3 amide bonds. The van der Waals surface area contributed by atoms with Gasteiger partial charge in [0.05, 0.1) is 17.1 Å². The molecule has 10 nitrogen and oxygen atoms in total. The average Bonchev–Trinajstić information content (AvgIpc) is 3.62. The number of aromatic nitrogens is 3. The summed E-state index contributed by atoms with van der Waals surface area (Å²) >= 11 is 1.23. The Morgan fingerprint density at radius 2 is 1.84 bits per heavy atom. The number of hydrogen-bond donors (Lipinski definition) is 1. The Hall–Kier alpha value is -4.85. The lowest BCUT2D eigenvalue weighted by Crippen LogP contribution is -2.31. The van der Waals surface area contributed by atoms with Gasteiger partial charge in [0.1, 0.15) is 12.1 Å². The number of ether oxygens (including phenoxy) is 1. The molecule has 0 atom stereocenters. The number of hydrogen-bond acceptors (Lipinski definition) is 7. The summed E-state index contributed by atoms with van der Waals surface area (Å²) in [5, 5.41) is 7.52. The summed E-state index contributed by atoms with van der Waals surface area (Å²) in [6.07, 6.45) is -1.57. The van der Waals surface area contributed by atoms with Crippen LogP contribution in [0.2, 0.25) is 0 Å². The maximum atomic E-state index is 12.8. The molecule has 0 spiro atoms. The van der Waals surface area contributed by atoms with Crippen molar-refractivity contribution in [3.63, 3.8) is 0 Å². The zero-order valence-electron chi connectivity index (χ0n) is 24.7. The normalized spacial score (nSPS) is 14.2. The van der Waals surface area contributed by atoms with Gasteiger partial charge in [-0.05, 0) is 72.5 Å². The molecule has 2 heterocycles. The zero-order chi connectivity index (χ0) is 32.1. The Morgan fingerprint density at radius 1 is 1.11 bits per heavy atom. The second kappa shape index (κ2) is 13.4. The van der Waals surface area contributed by atoms with Crippen LogP contribution in [0.15, 0.2) is 78.0 Å². The molecule has 14 heteroatoms. The quantitative estimate of drug-likeness (QED) is 0.217. The summed E-state index contributed by atoms with van der Waals surface area (Å²) in [7, 11) is 1.80. The van der Waals surface area contributed by atoms with Crippen molar-refractivity contribution in [1.29, 1.82) is 0 Å². The number of urea groups is 1. The van der Waals surface area contributed by atoms with Gasteiger partial charge in [0, 0.05) is 19.3 Å². The number of amides is 3. The van der Waals surface area contributed by atoms with Crippen molar-refractivity contribution in [3.8, 4) is 11.4 Å². The first-order valence-corrected chi connectivity index (χ1v) is 15.0. The van der Waals surface area contributed by atoms with Crippen molar-refractivity contribution in [3.05, 3.63) is 89.7 Å². The Kier molecular flexibility index (Phi) is 9.42. The lowest BCUT2D eigenvalue weighted by atomic mass is 10.0. The van der Waals surface area contributed by atoms with E-state index < -0.39 is 12.4 Å². The minimum Gasteiger partial charge on any atom is -0.406 e. The number of carbonyl (C=O) groups excluding carboxylic acids is 2. The predicted molar refractivity (Wildman–Crippen MR) is 168 cm³/mol. The minimum atomic E-state index is -4.76. The molecule has 1 aliphatic heterocycles. The Labute approximate surface area is 261 Å². The van der Waals surface area contributed by atoms with E-state index in [9.17, 15) is 22.8 Å². The van der Waals surface area contributed by atoms with E-state index in [1.54, 1.807) is 24.1 Å². The van der Waals surface area contributed by atoms with E-state index in [0.717, 1.165) is 35.2 Å². The van der Waals surface area contributed by atoms with Gasteiger partial charge in [-0.2, -0.15) is 9.98 Å². The number of amidine groups is 1. The van der Waals surface area contributed by atoms with E-state index in [-0.39, 0.29) is 17.4 Å². The molecule has 5 rings (SSSR count). The first kappa shape index (κ1) is 31.6. The predicted octanol–water partition coefficient (Wildman–Crippen LogP) is 6.73. The van der Waals surface area contributed by atoms with Gasteiger partial charge >= 0.3 is 12.4 Å². The highest BCUT2D eigenvalue weighted by Crippen LogP contribution is 2.31. The van der Waals surface area contributed by atoms with E-state index in [0.29, 0.717) is 29.0 Å². The van der Waals surface area contributed by atoms with Crippen LogP contribution in [0.1, 0.15) is 30.0 Å². The second-order valence-electron chi connectivity index (χ2n) is 10.3. The van der Waals surface area contributed by atoms with Gasteiger partial charge in [-0.3, -0.25) is 9.69 Å². The molecule has 1 N–H and O–H groups in total. The van der Waals surface area contributed by atoms with Crippen LogP contribution in [0.25, 0.3) is 5.69 Å². The summed E-state index contributed by atoms with van der Waals surface area (Å²) in [6.45, 7) is 4.49. The van der Waals surface area contributed by atoms with Crippen LogP contribution >= 0.6 is 11.8 Å². The largest absolute Gasteiger partial charge is 0.573 e. The number of alkyl halides is 3. The summed E-state index contributed by atoms with van der Waals surface area (Å²) < 4.78 is 42.6. The van der Waals surface area contributed by atoms with Crippen LogP contribution in [0.3, 0.4) is 0 Å². The molecule has 0 radical (unpaired) electrons. The molecular weight excluding hydrogens is 607 g/mol. The van der Waals surface area contributed by atoms with Crippen LogP contribution in [0.5, 0.6) is 5.75 Å². The molecule has 0 aliphatic carbocycles. The smallest absolute Gasteiger partial charge is 0.406 e. The van der Waals surface area contributed by atoms with Crippen molar-refractivity contribution >= 4 is 46.2 Å². The topological polar surface area (TPSA) is 105 Å². The number of aliphatic imine (C=N–C) groups is 1. The number of carbonyl (C=O) groups is 2. The third-order valence-corrected chi connectivity index (χ3v) is 7.67. The molecule has 3 aromatic carbocycles. The molecule has 45 heavy (non-hydrogen) atoms. The Balaban J connectivity index is 1.20. The fourth-order valence-electron chi connectivity index (χ4n) is 4.68. The molecule has 1 saturated heterocycles. The van der Waals surface area contributed by atoms with Crippen molar-refractivity contribution in [1.82, 2.24) is 14.8 Å². The molecule has 0 unspecified atom stereocenters. The molecule has 1 aromatic heterocycles. The molecule has 1 fully saturated rings. The van der Waals surface area contributed by atoms with Crippen LogP contribution in [-0.2, 0) is 17.8 Å².